The number of aliphatic carboxylic acids is 1. The number of aromatic nitrogens is 2. The van der Waals surface area contributed by atoms with Gasteiger partial charge in [-0.2, -0.15) is 13.2 Å². The average Bonchev–Trinajstić information content (AvgIpc) is 3.67. The van der Waals surface area contributed by atoms with Gasteiger partial charge in [-0.25, -0.2) is 23.5 Å². The molecule has 1 aromatic heterocycles. The molecule has 1 aliphatic heterocycles. The Hall–Kier alpha value is -2.96. The van der Waals surface area contributed by atoms with E-state index in [0.717, 1.165) is 56.7 Å². The number of alkyl halides is 3. The monoisotopic (exact) mass is 577 g/mol. The largest absolute Gasteiger partial charge is 0.490 e. The van der Waals surface area contributed by atoms with Crippen molar-refractivity contribution >= 4 is 51.8 Å². The van der Waals surface area contributed by atoms with Gasteiger partial charge in [0, 0.05) is 60.9 Å². The van der Waals surface area contributed by atoms with Crippen LogP contribution in [0, 0.1) is 11.6 Å². The SMILES string of the molecule is Fc1cc2nc(NC3CC3)c(N3CCN(Cc4cc(Cl)ccc4Cl)CC3)nc2cc1F.O=C(O)C(F)(F)F. The Morgan fingerprint density at radius 1 is 1.00 bits per heavy atom. The lowest BCUT2D eigenvalue weighted by molar-refractivity contribution is -0.192. The molecule has 2 heterocycles. The summed E-state index contributed by atoms with van der Waals surface area (Å²) in [5, 5.41) is 11.9. The number of nitrogens with one attached hydrogen (secondary N) is 1. The van der Waals surface area contributed by atoms with E-state index < -0.39 is 23.8 Å². The minimum Gasteiger partial charge on any atom is -0.475 e. The lowest BCUT2D eigenvalue weighted by Gasteiger charge is -2.36. The topological polar surface area (TPSA) is 81.6 Å². The summed E-state index contributed by atoms with van der Waals surface area (Å²) < 4.78 is 59.2. The predicted molar refractivity (Wildman–Crippen MR) is 134 cm³/mol. The molecule has 1 saturated carbocycles. The Labute approximate surface area is 224 Å². The molecule has 1 aliphatic carbocycles. The molecular formula is C24H22Cl2F5N5O2. The molecule has 2 aliphatic rings. The smallest absolute Gasteiger partial charge is 0.475 e. The molecule has 1 saturated heterocycles. The van der Waals surface area contributed by atoms with Crippen molar-refractivity contribution < 1.29 is 31.9 Å². The van der Waals surface area contributed by atoms with Gasteiger partial charge in [0.05, 0.1) is 11.0 Å². The molecule has 2 fully saturated rings. The molecule has 204 valence electrons. The van der Waals surface area contributed by atoms with Gasteiger partial charge in [-0.15, -0.1) is 0 Å². The number of hydrogen-bond acceptors (Lipinski definition) is 6. The fourth-order valence-corrected chi connectivity index (χ4v) is 4.18. The van der Waals surface area contributed by atoms with Crippen LogP contribution in [-0.2, 0) is 11.3 Å². The highest BCUT2D eigenvalue weighted by Gasteiger charge is 2.38. The summed E-state index contributed by atoms with van der Waals surface area (Å²) in [4.78, 5) is 22.6. The van der Waals surface area contributed by atoms with Crippen molar-refractivity contribution in [3.05, 3.63) is 57.6 Å². The first-order valence-electron chi connectivity index (χ1n) is 11.6. The lowest BCUT2D eigenvalue weighted by atomic mass is 10.2. The van der Waals surface area contributed by atoms with Gasteiger partial charge in [0.1, 0.15) is 0 Å². The number of carbonyl (C=O) groups is 1. The van der Waals surface area contributed by atoms with E-state index in [1.807, 2.05) is 12.1 Å². The first-order chi connectivity index (χ1) is 17.9. The van der Waals surface area contributed by atoms with Crippen LogP contribution in [0.4, 0.5) is 33.6 Å². The van der Waals surface area contributed by atoms with E-state index in [2.05, 4.69) is 25.1 Å². The summed E-state index contributed by atoms with van der Waals surface area (Å²) in [6, 6.07) is 8.08. The maximum atomic E-state index is 13.8. The summed E-state index contributed by atoms with van der Waals surface area (Å²) in [6.45, 7) is 3.81. The molecule has 0 unspecified atom stereocenters. The molecule has 2 aromatic carbocycles. The third kappa shape index (κ3) is 7.12. The van der Waals surface area contributed by atoms with Crippen molar-refractivity contribution in [1.82, 2.24) is 14.9 Å². The third-order valence-corrected chi connectivity index (χ3v) is 6.53. The van der Waals surface area contributed by atoms with E-state index in [1.165, 1.54) is 0 Å². The Balaban J connectivity index is 0.000000426. The number of rotatable bonds is 5. The van der Waals surface area contributed by atoms with Crippen LogP contribution >= 0.6 is 23.2 Å². The second-order valence-corrected chi connectivity index (χ2v) is 9.71. The van der Waals surface area contributed by atoms with Crippen molar-refractivity contribution in [2.45, 2.75) is 31.6 Å². The molecular weight excluding hydrogens is 556 g/mol. The fourth-order valence-electron chi connectivity index (χ4n) is 3.80. The molecule has 2 N–H and O–H groups in total. The summed E-state index contributed by atoms with van der Waals surface area (Å²) in [7, 11) is 0. The van der Waals surface area contributed by atoms with E-state index in [-0.39, 0.29) is 0 Å². The van der Waals surface area contributed by atoms with Gasteiger partial charge < -0.3 is 15.3 Å². The van der Waals surface area contributed by atoms with Crippen LogP contribution in [0.5, 0.6) is 0 Å². The van der Waals surface area contributed by atoms with Crippen molar-refractivity contribution in [2.24, 2.45) is 0 Å². The molecule has 0 spiro atoms. The zero-order valence-electron chi connectivity index (χ0n) is 19.7. The van der Waals surface area contributed by atoms with Crippen LogP contribution < -0.4 is 10.2 Å². The summed E-state index contributed by atoms with van der Waals surface area (Å²) in [5.41, 5.74) is 1.70. The molecule has 14 heteroatoms. The first-order valence-corrected chi connectivity index (χ1v) is 12.3. The molecule has 7 nitrogen and oxygen atoms in total. The van der Waals surface area contributed by atoms with Crippen LogP contribution in [-0.4, -0.2) is 64.3 Å². The van der Waals surface area contributed by atoms with Crippen LogP contribution in [0.2, 0.25) is 10.0 Å². The maximum absolute atomic E-state index is 13.8. The minimum absolute atomic E-state index is 0.347. The second-order valence-electron chi connectivity index (χ2n) is 8.87. The normalized spacial score (nSPS) is 16.2. The number of halogens is 7. The van der Waals surface area contributed by atoms with Gasteiger partial charge in [0.2, 0.25) is 0 Å². The lowest BCUT2D eigenvalue weighted by Crippen LogP contribution is -2.46. The highest BCUT2D eigenvalue weighted by atomic mass is 35.5. The van der Waals surface area contributed by atoms with Crippen molar-refractivity contribution in [3.63, 3.8) is 0 Å². The van der Waals surface area contributed by atoms with Gasteiger partial charge in [-0.1, -0.05) is 23.2 Å². The summed E-state index contributed by atoms with van der Waals surface area (Å²) >= 11 is 12.4. The van der Waals surface area contributed by atoms with E-state index in [4.69, 9.17) is 33.1 Å². The van der Waals surface area contributed by atoms with Crippen molar-refractivity contribution in [3.8, 4) is 0 Å². The second kappa shape index (κ2) is 11.4. The van der Waals surface area contributed by atoms with Gasteiger partial charge in [-0.05, 0) is 36.6 Å². The van der Waals surface area contributed by atoms with Crippen LogP contribution in [0.15, 0.2) is 30.3 Å². The van der Waals surface area contributed by atoms with E-state index in [0.29, 0.717) is 45.3 Å². The number of carboxylic acids is 1. The average molecular weight is 578 g/mol. The van der Waals surface area contributed by atoms with Crippen LogP contribution in [0.3, 0.4) is 0 Å². The standard InChI is InChI=1S/C22H21Cl2F2N5.C2HF3O2/c23-14-1-4-16(24)13(9-14)12-30-5-7-31(8-6-30)22-21(27-15-2-3-15)28-19-10-17(25)18(26)11-20(19)29-22;3-2(4,5)1(6)7/h1,4,9-11,15H,2-3,5-8,12H2,(H,27,28);(H,6,7). The van der Waals surface area contributed by atoms with Crippen LogP contribution in [0.25, 0.3) is 11.0 Å². The molecule has 0 radical (unpaired) electrons. The number of nitrogens with zero attached hydrogens (tertiary/aromatic N) is 4. The summed E-state index contributed by atoms with van der Waals surface area (Å²) in [6.07, 6.45) is -2.93. The molecule has 5 rings (SSSR count). The Kier molecular flexibility index (Phi) is 8.43. The van der Waals surface area contributed by atoms with E-state index >= 15 is 0 Å². The van der Waals surface area contributed by atoms with Crippen molar-refractivity contribution in [1.29, 1.82) is 0 Å². The first kappa shape index (κ1) is 28.1. The zero-order chi connectivity index (χ0) is 27.6. The third-order valence-electron chi connectivity index (χ3n) is 5.92. The molecule has 0 atom stereocenters. The number of hydrogen-bond donors (Lipinski definition) is 2. The molecule has 0 bridgehead atoms. The highest BCUT2D eigenvalue weighted by molar-refractivity contribution is 6.33. The van der Waals surface area contributed by atoms with Crippen LogP contribution in [0.1, 0.15) is 18.4 Å². The van der Waals surface area contributed by atoms with Gasteiger partial charge in [0.25, 0.3) is 0 Å². The predicted octanol–water partition coefficient (Wildman–Crippen LogP) is 5.74. The number of piperazine rings is 1. The number of fused-ring (bicyclic) bond motifs is 1. The van der Waals surface area contributed by atoms with Gasteiger partial charge in [-0.3, -0.25) is 4.90 Å². The zero-order valence-corrected chi connectivity index (χ0v) is 21.2. The number of anilines is 2. The Morgan fingerprint density at radius 3 is 2.13 bits per heavy atom. The van der Waals surface area contributed by atoms with E-state index in [9.17, 15) is 22.0 Å². The summed E-state index contributed by atoms with van der Waals surface area (Å²) in [5.74, 6) is -3.27. The molecule has 3 aromatic rings. The quantitative estimate of drug-likeness (QED) is 0.374. The van der Waals surface area contributed by atoms with Gasteiger partial charge in [0.15, 0.2) is 23.3 Å². The number of benzene rings is 2. The van der Waals surface area contributed by atoms with E-state index in [1.54, 1.807) is 6.07 Å². The maximum Gasteiger partial charge on any atom is 0.490 e. The number of carboxylic acid groups (broad SMARTS) is 1. The van der Waals surface area contributed by atoms with Gasteiger partial charge >= 0.3 is 12.1 Å². The Bertz CT molecular complexity index is 1330. The van der Waals surface area contributed by atoms with Crippen molar-refractivity contribution in [2.75, 3.05) is 36.4 Å². The molecule has 0 amide bonds. The minimum atomic E-state index is -5.08. The highest BCUT2D eigenvalue weighted by Crippen LogP contribution is 2.32. The molecule has 38 heavy (non-hydrogen) atoms. The fraction of sp³-hybridized carbons (Fsp3) is 0.375. The Morgan fingerprint density at radius 2 is 1.58 bits per heavy atom.